The predicted molar refractivity (Wildman–Crippen MR) is 76.2 cm³/mol. The molecular weight excluding hydrogens is 250 g/mol. The van der Waals surface area contributed by atoms with Gasteiger partial charge in [0.15, 0.2) is 0 Å². The van der Waals surface area contributed by atoms with Gasteiger partial charge in [0.1, 0.15) is 0 Å². The van der Waals surface area contributed by atoms with Gasteiger partial charge in [-0.05, 0) is 55.4 Å². The Morgan fingerprint density at radius 3 is 1.56 bits per heavy atom. The number of hydrogen-bond donors (Lipinski definition) is 0. The summed E-state index contributed by atoms with van der Waals surface area (Å²) in [6, 6.07) is 0. The molecule has 0 aromatic heterocycles. The van der Waals surface area contributed by atoms with Crippen LogP contribution in [0.2, 0.25) is 0 Å². The van der Waals surface area contributed by atoms with Crippen molar-refractivity contribution in [2.75, 3.05) is 12.8 Å². The van der Waals surface area contributed by atoms with E-state index in [1.54, 1.807) is 0 Å². The van der Waals surface area contributed by atoms with Crippen molar-refractivity contribution >= 4 is 10.0 Å². The number of ether oxygens (including phenoxy) is 1. The summed E-state index contributed by atoms with van der Waals surface area (Å²) < 4.78 is 31.2. The lowest BCUT2D eigenvalue weighted by molar-refractivity contribution is -0.121. The van der Waals surface area contributed by atoms with E-state index in [0.29, 0.717) is 6.54 Å². The van der Waals surface area contributed by atoms with E-state index in [1.165, 1.54) is 10.6 Å². The predicted octanol–water partition coefficient (Wildman–Crippen LogP) is 2.64. The third-order valence-electron chi connectivity index (χ3n) is 2.26. The minimum absolute atomic E-state index is 0.301. The first-order valence-corrected chi connectivity index (χ1v) is 8.07. The zero-order valence-corrected chi connectivity index (χ0v) is 14.1. The van der Waals surface area contributed by atoms with Crippen LogP contribution in [0.15, 0.2) is 0 Å². The fraction of sp³-hybridized carbons (Fsp3) is 1.00. The standard InChI is InChI=1S/C13H29NO3S/c1-11(2,3)14(18(9,15)16)10-13(7,8)17-12(4,5)6/h10H2,1-9H3. The first-order chi connectivity index (χ1) is 7.55. The van der Waals surface area contributed by atoms with Crippen molar-refractivity contribution in [1.82, 2.24) is 4.31 Å². The Morgan fingerprint density at radius 2 is 1.33 bits per heavy atom. The van der Waals surface area contributed by atoms with Gasteiger partial charge in [-0.3, -0.25) is 0 Å². The van der Waals surface area contributed by atoms with E-state index in [4.69, 9.17) is 4.74 Å². The van der Waals surface area contributed by atoms with Crippen molar-refractivity contribution < 1.29 is 13.2 Å². The largest absolute Gasteiger partial charge is 0.369 e. The molecule has 0 aromatic carbocycles. The summed E-state index contributed by atoms with van der Waals surface area (Å²) in [5.41, 5.74) is -1.29. The lowest BCUT2D eigenvalue weighted by atomic mass is 10.0. The zero-order valence-electron chi connectivity index (χ0n) is 13.3. The highest BCUT2D eigenvalue weighted by Crippen LogP contribution is 2.26. The molecule has 18 heavy (non-hydrogen) atoms. The molecule has 0 N–H and O–H groups in total. The van der Waals surface area contributed by atoms with Gasteiger partial charge in [-0.1, -0.05) is 0 Å². The van der Waals surface area contributed by atoms with Crippen LogP contribution in [0.3, 0.4) is 0 Å². The van der Waals surface area contributed by atoms with Gasteiger partial charge in [0, 0.05) is 12.1 Å². The maximum Gasteiger partial charge on any atom is 0.211 e. The van der Waals surface area contributed by atoms with Crippen molar-refractivity contribution in [3.63, 3.8) is 0 Å². The van der Waals surface area contributed by atoms with E-state index in [0.717, 1.165) is 0 Å². The Kier molecular flexibility index (Phi) is 5.06. The van der Waals surface area contributed by atoms with Gasteiger partial charge in [0.25, 0.3) is 0 Å². The van der Waals surface area contributed by atoms with Crippen LogP contribution in [0.25, 0.3) is 0 Å². The quantitative estimate of drug-likeness (QED) is 0.795. The molecule has 0 unspecified atom stereocenters. The minimum Gasteiger partial charge on any atom is -0.369 e. The number of rotatable bonds is 4. The summed E-state index contributed by atoms with van der Waals surface area (Å²) in [6.07, 6.45) is 1.24. The van der Waals surface area contributed by atoms with E-state index in [-0.39, 0.29) is 5.60 Å². The van der Waals surface area contributed by atoms with Gasteiger partial charge in [-0.2, -0.15) is 4.31 Å². The SMILES string of the molecule is CC(C)(C)OC(C)(C)CN(C(C)(C)C)S(C)(=O)=O. The number of nitrogens with zero attached hydrogens (tertiary/aromatic N) is 1. The second-order valence-corrected chi connectivity index (χ2v) is 9.32. The minimum atomic E-state index is -3.26. The molecule has 0 amide bonds. The lowest BCUT2D eigenvalue weighted by Gasteiger charge is -2.41. The highest BCUT2D eigenvalue weighted by Gasteiger charge is 2.36. The van der Waals surface area contributed by atoms with Crippen LogP contribution < -0.4 is 0 Å². The molecule has 0 fully saturated rings. The summed E-state index contributed by atoms with van der Waals surface area (Å²) in [5, 5.41) is 0. The summed E-state index contributed by atoms with van der Waals surface area (Å²) in [7, 11) is -3.26. The third kappa shape index (κ3) is 6.71. The Bertz CT molecular complexity index is 372. The maximum atomic E-state index is 11.9. The lowest BCUT2D eigenvalue weighted by Crippen LogP contribution is -2.53. The molecule has 110 valence electrons. The van der Waals surface area contributed by atoms with Crippen LogP contribution >= 0.6 is 0 Å². The van der Waals surface area contributed by atoms with Crippen LogP contribution in [-0.2, 0) is 14.8 Å². The normalized spacial score (nSPS) is 15.2. The molecule has 0 aromatic rings. The Morgan fingerprint density at radius 1 is 0.944 bits per heavy atom. The van der Waals surface area contributed by atoms with Gasteiger partial charge in [0.05, 0.1) is 17.5 Å². The average molecular weight is 279 g/mol. The molecule has 0 saturated heterocycles. The van der Waals surface area contributed by atoms with Crippen molar-refractivity contribution in [3.05, 3.63) is 0 Å². The number of hydrogen-bond acceptors (Lipinski definition) is 3. The van der Waals surface area contributed by atoms with Crippen molar-refractivity contribution in [1.29, 1.82) is 0 Å². The molecule has 0 rings (SSSR count). The molecule has 0 radical (unpaired) electrons. The van der Waals surface area contributed by atoms with E-state index >= 15 is 0 Å². The van der Waals surface area contributed by atoms with E-state index in [1.807, 2.05) is 55.4 Å². The Labute approximate surface area is 113 Å². The van der Waals surface area contributed by atoms with Gasteiger partial charge < -0.3 is 4.74 Å². The molecule has 0 heterocycles. The first kappa shape index (κ1) is 17.9. The highest BCUT2D eigenvalue weighted by atomic mass is 32.2. The molecular formula is C13H29NO3S. The van der Waals surface area contributed by atoms with Gasteiger partial charge in [0.2, 0.25) is 10.0 Å². The summed E-state index contributed by atoms with van der Waals surface area (Å²) in [5.74, 6) is 0. The van der Waals surface area contributed by atoms with E-state index in [2.05, 4.69) is 0 Å². The van der Waals surface area contributed by atoms with Crippen molar-refractivity contribution in [2.45, 2.75) is 72.1 Å². The topological polar surface area (TPSA) is 46.6 Å². The molecule has 0 saturated carbocycles. The highest BCUT2D eigenvalue weighted by molar-refractivity contribution is 7.88. The van der Waals surface area contributed by atoms with Gasteiger partial charge in [-0.25, -0.2) is 8.42 Å². The first-order valence-electron chi connectivity index (χ1n) is 6.23. The van der Waals surface area contributed by atoms with Crippen molar-refractivity contribution in [3.8, 4) is 0 Å². The molecule has 0 aliphatic carbocycles. The molecule has 0 atom stereocenters. The van der Waals surface area contributed by atoms with Gasteiger partial charge >= 0.3 is 0 Å². The average Bonchev–Trinajstić information content (AvgIpc) is 1.90. The Balaban J connectivity index is 5.14. The fourth-order valence-electron chi connectivity index (χ4n) is 2.06. The second-order valence-electron chi connectivity index (χ2n) is 7.41. The fourth-order valence-corrected chi connectivity index (χ4v) is 3.60. The van der Waals surface area contributed by atoms with Gasteiger partial charge in [-0.15, -0.1) is 0 Å². The number of sulfonamides is 1. The van der Waals surface area contributed by atoms with E-state index in [9.17, 15) is 8.42 Å². The van der Waals surface area contributed by atoms with Crippen LogP contribution in [-0.4, -0.2) is 42.3 Å². The van der Waals surface area contributed by atoms with Crippen LogP contribution in [0.4, 0.5) is 0 Å². The Hall–Kier alpha value is -0.130. The summed E-state index contributed by atoms with van der Waals surface area (Å²) in [4.78, 5) is 0. The second kappa shape index (κ2) is 5.10. The smallest absolute Gasteiger partial charge is 0.211 e. The van der Waals surface area contributed by atoms with Crippen molar-refractivity contribution in [2.24, 2.45) is 0 Å². The molecule has 0 spiro atoms. The summed E-state index contributed by atoms with van der Waals surface area (Å²) >= 11 is 0. The van der Waals surface area contributed by atoms with Crippen LogP contribution in [0.5, 0.6) is 0 Å². The monoisotopic (exact) mass is 279 g/mol. The molecule has 0 aliphatic rings. The maximum absolute atomic E-state index is 11.9. The molecule has 5 heteroatoms. The van der Waals surface area contributed by atoms with E-state index < -0.39 is 21.2 Å². The molecule has 0 bridgehead atoms. The third-order valence-corrected chi connectivity index (χ3v) is 3.73. The van der Waals surface area contributed by atoms with Crippen LogP contribution in [0, 0.1) is 0 Å². The molecule has 4 nitrogen and oxygen atoms in total. The zero-order chi connectivity index (χ0) is 15.0. The van der Waals surface area contributed by atoms with Crippen LogP contribution in [0.1, 0.15) is 55.4 Å². The summed E-state index contributed by atoms with van der Waals surface area (Å²) in [6.45, 7) is 15.8. The molecule has 0 aliphatic heterocycles.